The maximum atomic E-state index is 13.6. The normalized spacial score (nSPS) is 12.8. The smallest absolute Gasteiger partial charge is 0.132 e. The van der Waals surface area contributed by atoms with Crippen LogP contribution in [0.15, 0.2) is 24.3 Å². The van der Waals surface area contributed by atoms with Crippen LogP contribution in [-0.4, -0.2) is 9.97 Å². The van der Waals surface area contributed by atoms with Crippen molar-refractivity contribution >= 4 is 0 Å². The Balaban J connectivity index is 2.52. The second kappa shape index (κ2) is 4.06. The Morgan fingerprint density at radius 2 is 2.06 bits per heavy atom. The van der Waals surface area contributed by atoms with Crippen molar-refractivity contribution in [2.24, 2.45) is 5.73 Å². The Hall–Kier alpha value is -1.68. The van der Waals surface area contributed by atoms with Gasteiger partial charge in [0.25, 0.3) is 0 Å². The molecule has 3 nitrogen and oxygen atoms in total. The van der Waals surface area contributed by atoms with Crippen LogP contribution in [0.5, 0.6) is 0 Å². The molecule has 16 heavy (non-hydrogen) atoms. The molecule has 0 radical (unpaired) electrons. The SMILES string of the molecule is Cc1[nH]c(C(C)N)nc1-c1ccccc1F. The molecule has 1 aromatic heterocycles. The van der Waals surface area contributed by atoms with E-state index in [0.717, 1.165) is 5.69 Å². The number of nitrogens with one attached hydrogen (secondary N) is 1. The molecule has 3 N–H and O–H groups in total. The fourth-order valence-electron chi connectivity index (χ4n) is 1.61. The van der Waals surface area contributed by atoms with Gasteiger partial charge in [0.05, 0.1) is 11.7 Å². The highest BCUT2D eigenvalue weighted by molar-refractivity contribution is 5.62. The summed E-state index contributed by atoms with van der Waals surface area (Å²) in [5.41, 5.74) is 7.69. The van der Waals surface area contributed by atoms with Crippen LogP contribution in [0.4, 0.5) is 4.39 Å². The van der Waals surface area contributed by atoms with Crippen LogP contribution < -0.4 is 5.73 Å². The molecule has 1 heterocycles. The molecule has 1 atom stereocenters. The van der Waals surface area contributed by atoms with Crippen molar-refractivity contribution in [3.8, 4) is 11.3 Å². The number of H-pyrrole nitrogens is 1. The topological polar surface area (TPSA) is 54.7 Å². The van der Waals surface area contributed by atoms with Gasteiger partial charge in [-0.1, -0.05) is 12.1 Å². The van der Waals surface area contributed by atoms with E-state index in [4.69, 9.17) is 5.73 Å². The maximum absolute atomic E-state index is 13.6. The van der Waals surface area contributed by atoms with Gasteiger partial charge in [-0.2, -0.15) is 0 Å². The quantitative estimate of drug-likeness (QED) is 0.815. The number of nitrogens with zero attached hydrogens (tertiary/aromatic N) is 1. The lowest BCUT2D eigenvalue weighted by Crippen LogP contribution is -2.06. The van der Waals surface area contributed by atoms with Gasteiger partial charge in [-0.05, 0) is 26.0 Å². The van der Waals surface area contributed by atoms with Crippen molar-refractivity contribution in [3.05, 3.63) is 41.6 Å². The number of aromatic amines is 1. The van der Waals surface area contributed by atoms with E-state index in [0.29, 0.717) is 17.1 Å². The van der Waals surface area contributed by atoms with E-state index in [-0.39, 0.29) is 11.9 Å². The van der Waals surface area contributed by atoms with Crippen LogP contribution in [-0.2, 0) is 0 Å². The van der Waals surface area contributed by atoms with Crippen LogP contribution in [0.3, 0.4) is 0 Å². The number of aryl methyl sites for hydroxylation is 1. The second-order valence-electron chi connectivity index (χ2n) is 3.86. The van der Waals surface area contributed by atoms with Gasteiger partial charge in [-0.25, -0.2) is 9.37 Å². The van der Waals surface area contributed by atoms with Crippen molar-refractivity contribution in [1.29, 1.82) is 0 Å². The minimum Gasteiger partial charge on any atom is -0.344 e. The lowest BCUT2D eigenvalue weighted by molar-refractivity contribution is 0.630. The number of aromatic nitrogens is 2. The highest BCUT2D eigenvalue weighted by Crippen LogP contribution is 2.24. The number of benzene rings is 1. The molecule has 0 aliphatic rings. The molecule has 0 saturated heterocycles. The third kappa shape index (κ3) is 1.84. The molecule has 1 unspecified atom stereocenters. The molecule has 2 aromatic rings. The number of halogens is 1. The molecule has 0 aliphatic carbocycles. The van der Waals surface area contributed by atoms with Crippen LogP contribution in [0.2, 0.25) is 0 Å². The standard InChI is InChI=1S/C12H14FN3/c1-7(14)12-15-8(2)11(16-12)9-5-3-4-6-10(9)13/h3-7H,14H2,1-2H3,(H,15,16). The molecule has 0 amide bonds. The van der Waals surface area contributed by atoms with Crippen LogP contribution >= 0.6 is 0 Å². The predicted octanol–water partition coefficient (Wildman–Crippen LogP) is 2.54. The molecule has 84 valence electrons. The van der Waals surface area contributed by atoms with Gasteiger partial charge in [0.1, 0.15) is 11.6 Å². The van der Waals surface area contributed by atoms with Crippen molar-refractivity contribution in [1.82, 2.24) is 9.97 Å². The Morgan fingerprint density at radius 1 is 1.38 bits per heavy atom. The summed E-state index contributed by atoms with van der Waals surface area (Å²) >= 11 is 0. The molecule has 0 fully saturated rings. The van der Waals surface area contributed by atoms with Gasteiger partial charge in [-0.15, -0.1) is 0 Å². The van der Waals surface area contributed by atoms with Crippen LogP contribution in [0.25, 0.3) is 11.3 Å². The molecule has 0 aliphatic heterocycles. The van der Waals surface area contributed by atoms with Gasteiger partial charge in [0.2, 0.25) is 0 Å². The summed E-state index contributed by atoms with van der Waals surface area (Å²) in [5.74, 6) is 0.407. The van der Waals surface area contributed by atoms with Gasteiger partial charge in [0, 0.05) is 11.3 Å². The largest absolute Gasteiger partial charge is 0.344 e. The highest BCUT2D eigenvalue weighted by Gasteiger charge is 2.13. The van der Waals surface area contributed by atoms with Gasteiger partial charge >= 0.3 is 0 Å². The molecule has 0 spiro atoms. The number of imidazole rings is 1. The summed E-state index contributed by atoms with van der Waals surface area (Å²) in [4.78, 5) is 7.39. The Kier molecular flexibility index (Phi) is 2.75. The van der Waals surface area contributed by atoms with E-state index in [1.165, 1.54) is 6.07 Å². The first kappa shape index (κ1) is 10.8. The van der Waals surface area contributed by atoms with Crippen molar-refractivity contribution < 1.29 is 4.39 Å². The minimum absolute atomic E-state index is 0.181. The summed E-state index contributed by atoms with van der Waals surface area (Å²) in [6.45, 7) is 3.70. The first-order chi connectivity index (χ1) is 7.59. The monoisotopic (exact) mass is 219 g/mol. The van der Waals surface area contributed by atoms with E-state index < -0.39 is 0 Å². The average molecular weight is 219 g/mol. The molecular weight excluding hydrogens is 205 g/mol. The van der Waals surface area contributed by atoms with E-state index in [1.54, 1.807) is 18.2 Å². The number of nitrogens with two attached hydrogens (primary N) is 1. The van der Waals surface area contributed by atoms with Gasteiger partial charge in [0.15, 0.2) is 0 Å². The van der Waals surface area contributed by atoms with E-state index in [9.17, 15) is 4.39 Å². The zero-order chi connectivity index (χ0) is 11.7. The molecule has 1 aromatic carbocycles. The molecule has 2 rings (SSSR count). The summed E-state index contributed by atoms with van der Waals surface area (Å²) in [7, 11) is 0. The summed E-state index contributed by atoms with van der Waals surface area (Å²) in [6, 6.07) is 6.41. The lowest BCUT2D eigenvalue weighted by Gasteiger charge is -2.00. The Labute approximate surface area is 93.5 Å². The molecule has 0 bridgehead atoms. The summed E-state index contributed by atoms with van der Waals surface area (Å²) in [5, 5.41) is 0. The highest BCUT2D eigenvalue weighted by atomic mass is 19.1. The summed E-state index contributed by atoms with van der Waals surface area (Å²) in [6.07, 6.45) is 0. The van der Waals surface area contributed by atoms with Crippen molar-refractivity contribution in [2.75, 3.05) is 0 Å². The van der Waals surface area contributed by atoms with E-state index in [2.05, 4.69) is 9.97 Å². The summed E-state index contributed by atoms with van der Waals surface area (Å²) < 4.78 is 13.6. The predicted molar refractivity (Wildman–Crippen MR) is 61.3 cm³/mol. The van der Waals surface area contributed by atoms with Crippen molar-refractivity contribution in [3.63, 3.8) is 0 Å². The van der Waals surface area contributed by atoms with Crippen molar-refractivity contribution in [2.45, 2.75) is 19.9 Å². The Morgan fingerprint density at radius 3 is 2.62 bits per heavy atom. The maximum Gasteiger partial charge on any atom is 0.132 e. The molecular formula is C12H14FN3. The lowest BCUT2D eigenvalue weighted by atomic mass is 10.1. The fourth-order valence-corrected chi connectivity index (χ4v) is 1.61. The zero-order valence-corrected chi connectivity index (χ0v) is 9.29. The van der Waals surface area contributed by atoms with E-state index in [1.807, 2.05) is 13.8 Å². The Bertz CT molecular complexity index is 503. The average Bonchev–Trinajstić information content (AvgIpc) is 2.61. The molecule has 4 heteroatoms. The van der Waals surface area contributed by atoms with Gasteiger partial charge in [-0.3, -0.25) is 0 Å². The van der Waals surface area contributed by atoms with Gasteiger partial charge < -0.3 is 10.7 Å². The second-order valence-corrected chi connectivity index (χ2v) is 3.86. The van der Waals surface area contributed by atoms with Crippen LogP contribution in [0, 0.1) is 12.7 Å². The number of rotatable bonds is 2. The first-order valence-corrected chi connectivity index (χ1v) is 5.16. The zero-order valence-electron chi connectivity index (χ0n) is 9.29. The minimum atomic E-state index is -0.270. The number of hydrogen-bond acceptors (Lipinski definition) is 2. The van der Waals surface area contributed by atoms with E-state index >= 15 is 0 Å². The number of hydrogen-bond donors (Lipinski definition) is 2. The molecule has 0 saturated carbocycles. The third-order valence-electron chi connectivity index (χ3n) is 2.46. The third-order valence-corrected chi connectivity index (χ3v) is 2.46. The fraction of sp³-hybridized carbons (Fsp3) is 0.250. The first-order valence-electron chi connectivity index (χ1n) is 5.16. The van der Waals surface area contributed by atoms with Crippen LogP contribution in [0.1, 0.15) is 24.5 Å².